The molecule has 1 unspecified atom stereocenters. The number of imide groups is 1. The van der Waals surface area contributed by atoms with Gasteiger partial charge in [0.1, 0.15) is 6.17 Å². The second kappa shape index (κ2) is 5.44. The van der Waals surface area contributed by atoms with Crippen molar-refractivity contribution in [2.45, 2.75) is 39.3 Å². The van der Waals surface area contributed by atoms with Crippen LogP contribution in [0.1, 0.15) is 33.1 Å². The van der Waals surface area contributed by atoms with Gasteiger partial charge >= 0.3 is 0 Å². The van der Waals surface area contributed by atoms with Gasteiger partial charge in [0.2, 0.25) is 5.91 Å². The van der Waals surface area contributed by atoms with Gasteiger partial charge in [0.25, 0.3) is 11.8 Å². The zero-order valence-electron chi connectivity index (χ0n) is 9.53. The third-order valence-electron chi connectivity index (χ3n) is 2.36. The van der Waals surface area contributed by atoms with E-state index in [0.717, 1.165) is 17.7 Å². The smallest absolute Gasteiger partial charge is 0.255 e. The lowest BCUT2D eigenvalue weighted by Crippen LogP contribution is -2.50. The Morgan fingerprint density at radius 1 is 1.38 bits per heavy atom. The van der Waals surface area contributed by atoms with Crippen molar-refractivity contribution in [1.82, 2.24) is 10.2 Å². The number of hydrogen-bond donors (Lipinski definition) is 1. The van der Waals surface area contributed by atoms with Crippen molar-refractivity contribution in [3.8, 4) is 0 Å². The lowest BCUT2D eigenvalue weighted by Gasteiger charge is -2.26. The molecule has 0 aromatic heterocycles. The van der Waals surface area contributed by atoms with E-state index in [0.29, 0.717) is 6.42 Å². The Morgan fingerprint density at radius 2 is 1.94 bits per heavy atom. The molecule has 0 radical (unpaired) electrons. The summed E-state index contributed by atoms with van der Waals surface area (Å²) in [7, 11) is 0. The Morgan fingerprint density at radius 3 is 2.38 bits per heavy atom. The van der Waals surface area contributed by atoms with E-state index in [-0.39, 0.29) is 17.7 Å². The van der Waals surface area contributed by atoms with Crippen molar-refractivity contribution in [3.63, 3.8) is 0 Å². The molecule has 0 saturated heterocycles. The maximum absolute atomic E-state index is 11.4. The van der Waals surface area contributed by atoms with Crippen molar-refractivity contribution >= 4 is 17.7 Å². The van der Waals surface area contributed by atoms with E-state index in [2.05, 4.69) is 5.32 Å². The van der Waals surface area contributed by atoms with Crippen LogP contribution in [0.15, 0.2) is 12.2 Å². The Labute approximate surface area is 94.5 Å². The summed E-state index contributed by atoms with van der Waals surface area (Å²) in [5, 5.41) is 2.62. The normalized spacial score (nSPS) is 16.8. The van der Waals surface area contributed by atoms with Crippen molar-refractivity contribution < 1.29 is 14.4 Å². The minimum atomic E-state index is -0.521. The molecule has 1 N–H and O–H groups in total. The summed E-state index contributed by atoms with van der Waals surface area (Å²) < 4.78 is 0. The van der Waals surface area contributed by atoms with E-state index in [4.69, 9.17) is 0 Å². The molecule has 5 heteroatoms. The summed E-state index contributed by atoms with van der Waals surface area (Å²) in [6, 6.07) is 0. The molecule has 0 aromatic rings. The van der Waals surface area contributed by atoms with Gasteiger partial charge in [0.15, 0.2) is 0 Å². The second-order valence-corrected chi connectivity index (χ2v) is 3.74. The molecule has 16 heavy (non-hydrogen) atoms. The van der Waals surface area contributed by atoms with E-state index in [1.54, 1.807) is 0 Å². The fraction of sp³-hybridized carbons (Fsp3) is 0.545. The van der Waals surface area contributed by atoms with Crippen molar-refractivity contribution in [2.75, 3.05) is 0 Å². The fourth-order valence-corrected chi connectivity index (χ4v) is 1.62. The highest BCUT2D eigenvalue weighted by Crippen LogP contribution is 2.12. The molecule has 3 amide bonds. The molecule has 1 aliphatic heterocycles. The Bertz CT molecular complexity index is 318. The average Bonchev–Trinajstić information content (AvgIpc) is 2.53. The van der Waals surface area contributed by atoms with Crippen LogP contribution in [0.5, 0.6) is 0 Å². The molecule has 0 spiro atoms. The van der Waals surface area contributed by atoms with Crippen molar-refractivity contribution in [2.24, 2.45) is 0 Å². The first-order valence-electron chi connectivity index (χ1n) is 5.38. The van der Waals surface area contributed by atoms with Gasteiger partial charge in [-0.1, -0.05) is 13.3 Å². The zero-order chi connectivity index (χ0) is 12.1. The van der Waals surface area contributed by atoms with Crippen molar-refractivity contribution in [3.05, 3.63) is 12.2 Å². The van der Waals surface area contributed by atoms with Crippen LogP contribution in [0.2, 0.25) is 0 Å². The minimum absolute atomic E-state index is 0.242. The molecule has 1 rings (SSSR count). The van der Waals surface area contributed by atoms with Gasteiger partial charge < -0.3 is 5.32 Å². The summed E-state index contributed by atoms with van der Waals surface area (Å²) in [6.07, 6.45) is 4.32. The molecule has 88 valence electrons. The maximum Gasteiger partial charge on any atom is 0.255 e. The Kier molecular flexibility index (Phi) is 4.22. The third kappa shape index (κ3) is 2.92. The van der Waals surface area contributed by atoms with Crippen LogP contribution in [0.25, 0.3) is 0 Å². The first kappa shape index (κ1) is 12.4. The van der Waals surface area contributed by atoms with E-state index in [1.165, 1.54) is 19.1 Å². The van der Waals surface area contributed by atoms with Crippen LogP contribution in [-0.2, 0) is 14.4 Å². The number of unbranched alkanes of at least 4 members (excludes halogenated alkanes) is 1. The lowest BCUT2D eigenvalue weighted by atomic mass is 10.2. The highest BCUT2D eigenvalue weighted by atomic mass is 16.2. The van der Waals surface area contributed by atoms with Crippen LogP contribution >= 0.6 is 0 Å². The molecule has 0 bridgehead atoms. The summed E-state index contributed by atoms with van der Waals surface area (Å²) in [4.78, 5) is 35.0. The van der Waals surface area contributed by atoms with Gasteiger partial charge in [-0.05, 0) is 12.8 Å². The van der Waals surface area contributed by atoms with E-state index >= 15 is 0 Å². The highest BCUT2D eigenvalue weighted by molar-refractivity contribution is 6.13. The molecule has 0 saturated carbocycles. The number of amides is 3. The van der Waals surface area contributed by atoms with Crippen LogP contribution < -0.4 is 5.32 Å². The molecular weight excluding hydrogens is 208 g/mol. The topological polar surface area (TPSA) is 66.5 Å². The first-order chi connectivity index (χ1) is 7.56. The van der Waals surface area contributed by atoms with Crippen LogP contribution in [0, 0.1) is 0 Å². The van der Waals surface area contributed by atoms with E-state index < -0.39 is 6.17 Å². The first-order valence-corrected chi connectivity index (χ1v) is 5.38. The Hall–Kier alpha value is -1.65. The van der Waals surface area contributed by atoms with Gasteiger partial charge in [0.05, 0.1) is 0 Å². The predicted octanol–water partition coefficient (Wildman–Crippen LogP) is 0.564. The second-order valence-electron chi connectivity index (χ2n) is 3.74. The highest BCUT2D eigenvalue weighted by Gasteiger charge is 2.31. The standard InChI is InChI=1S/C11H16N2O3/c1-3-4-5-9(12-8(2)14)13-10(15)6-7-11(13)16/h6-7,9H,3-5H2,1-2H3,(H,12,14). The quantitative estimate of drug-likeness (QED) is 0.694. The van der Waals surface area contributed by atoms with E-state index in [9.17, 15) is 14.4 Å². The largest absolute Gasteiger partial charge is 0.336 e. The number of rotatable bonds is 5. The molecule has 0 aliphatic carbocycles. The molecule has 5 nitrogen and oxygen atoms in total. The monoisotopic (exact) mass is 224 g/mol. The number of carbonyl (C=O) groups is 3. The molecule has 0 fully saturated rings. The average molecular weight is 224 g/mol. The third-order valence-corrected chi connectivity index (χ3v) is 2.36. The molecular formula is C11H16N2O3. The van der Waals surface area contributed by atoms with Crippen LogP contribution in [0.3, 0.4) is 0 Å². The van der Waals surface area contributed by atoms with Gasteiger partial charge in [-0.25, -0.2) is 0 Å². The van der Waals surface area contributed by atoms with E-state index in [1.807, 2.05) is 6.92 Å². The van der Waals surface area contributed by atoms with Crippen molar-refractivity contribution in [1.29, 1.82) is 0 Å². The predicted molar refractivity (Wildman–Crippen MR) is 58.1 cm³/mol. The number of nitrogens with zero attached hydrogens (tertiary/aromatic N) is 1. The number of carbonyl (C=O) groups excluding carboxylic acids is 3. The molecule has 1 heterocycles. The summed E-state index contributed by atoms with van der Waals surface area (Å²) in [6.45, 7) is 3.38. The SMILES string of the molecule is CCCCC(NC(C)=O)N1C(=O)C=CC1=O. The van der Waals surface area contributed by atoms with Gasteiger partial charge in [-0.15, -0.1) is 0 Å². The summed E-state index contributed by atoms with van der Waals surface area (Å²) in [5.41, 5.74) is 0. The maximum atomic E-state index is 11.4. The van der Waals surface area contributed by atoms with Crippen LogP contribution in [0.4, 0.5) is 0 Å². The number of hydrogen-bond acceptors (Lipinski definition) is 3. The molecule has 0 aromatic carbocycles. The molecule has 1 atom stereocenters. The molecule has 1 aliphatic rings. The number of nitrogens with one attached hydrogen (secondary N) is 1. The lowest BCUT2D eigenvalue weighted by molar-refractivity contribution is -0.141. The van der Waals surface area contributed by atoms with Gasteiger partial charge in [0, 0.05) is 19.1 Å². The summed E-state index contributed by atoms with van der Waals surface area (Å²) >= 11 is 0. The summed E-state index contributed by atoms with van der Waals surface area (Å²) in [5.74, 6) is -0.965. The zero-order valence-corrected chi connectivity index (χ0v) is 9.53. The minimum Gasteiger partial charge on any atom is -0.336 e. The van der Waals surface area contributed by atoms with Crippen LogP contribution in [-0.4, -0.2) is 28.8 Å². The fourth-order valence-electron chi connectivity index (χ4n) is 1.62. The van der Waals surface area contributed by atoms with Gasteiger partial charge in [-0.3, -0.25) is 19.3 Å². The van der Waals surface area contributed by atoms with Gasteiger partial charge in [-0.2, -0.15) is 0 Å². The Balaban J connectivity index is 2.71.